The lowest BCUT2D eigenvalue weighted by Gasteiger charge is -2.26. The molecule has 180 valence electrons. The molecule has 1 N–H and O–H groups in total. The van der Waals surface area contributed by atoms with Crippen LogP contribution in [0.2, 0.25) is 0 Å². The van der Waals surface area contributed by atoms with Crippen molar-refractivity contribution in [2.45, 2.75) is 24.2 Å². The van der Waals surface area contributed by atoms with Crippen LogP contribution in [-0.2, 0) is 14.8 Å². The summed E-state index contributed by atoms with van der Waals surface area (Å²) in [6.45, 7) is 0.962. The normalized spacial score (nSPS) is 14.7. The summed E-state index contributed by atoms with van der Waals surface area (Å²) in [6, 6.07) is 11.1. The Balaban J connectivity index is 1.85. The SMILES string of the molecule is COc1cc(/C=C(\C#N)C(=O)Nc2cccc(S(=O)(=O)N3CCCCC3)c2)cc(OC)c1OC. The molecule has 0 aromatic heterocycles. The van der Waals surface area contributed by atoms with E-state index in [1.807, 2.05) is 6.07 Å². The fourth-order valence-corrected chi connectivity index (χ4v) is 5.25. The summed E-state index contributed by atoms with van der Waals surface area (Å²) in [5.74, 6) is 0.462. The van der Waals surface area contributed by atoms with Crippen LogP contribution in [0.4, 0.5) is 5.69 Å². The molecular weight excluding hydrogens is 458 g/mol. The number of hydrogen-bond donors (Lipinski definition) is 1. The van der Waals surface area contributed by atoms with Crippen LogP contribution in [0.25, 0.3) is 6.08 Å². The van der Waals surface area contributed by atoms with E-state index in [1.54, 1.807) is 24.3 Å². The molecule has 0 saturated carbocycles. The van der Waals surface area contributed by atoms with Crippen LogP contribution in [0.15, 0.2) is 46.9 Å². The van der Waals surface area contributed by atoms with Crippen LogP contribution in [-0.4, -0.2) is 53.0 Å². The zero-order chi connectivity index (χ0) is 24.7. The zero-order valence-corrected chi connectivity index (χ0v) is 20.1. The van der Waals surface area contributed by atoms with Gasteiger partial charge in [0.25, 0.3) is 5.91 Å². The van der Waals surface area contributed by atoms with Crippen LogP contribution < -0.4 is 19.5 Å². The zero-order valence-electron chi connectivity index (χ0n) is 19.3. The van der Waals surface area contributed by atoms with Gasteiger partial charge in [0.1, 0.15) is 11.6 Å². The average molecular weight is 486 g/mol. The molecule has 10 heteroatoms. The Hall–Kier alpha value is -3.55. The maximum Gasteiger partial charge on any atom is 0.266 e. The molecule has 2 aromatic rings. The monoisotopic (exact) mass is 485 g/mol. The van der Waals surface area contributed by atoms with Crippen LogP contribution in [0.1, 0.15) is 24.8 Å². The lowest BCUT2D eigenvalue weighted by Crippen LogP contribution is -2.35. The van der Waals surface area contributed by atoms with E-state index in [2.05, 4.69) is 5.32 Å². The predicted octanol–water partition coefficient (Wildman–Crippen LogP) is 3.43. The predicted molar refractivity (Wildman–Crippen MR) is 127 cm³/mol. The molecular formula is C24H27N3O6S. The Morgan fingerprint density at radius 2 is 1.68 bits per heavy atom. The lowest BCUT2D eigenvalue weighted by molar-refractivity contribution is -0.112. The molecule has 1 aliphatic rings. The largest absolute Gasteiger partial charge is 0.493 e. The first kappa shape index (κ1) is 25.1. The Morgan fingerprint density at radius 3 is 2.24 bits per heavy atom. The number of hydrogen-bond acceptors (Lipinski definition) is 7. The Morgan fingerprint density at radius 1 is 1.03 bits per heavy atom. The van der Waals surface area contributed by atoms with Crippen molar-refractivity contribution in [3.8, 4) is 23.3 Å². The highest BCUT2D eigenvalue weighted by atomic mass is 32.2. The smallest absolute Gasteiger partial charge is 0.266 e. The van der Waals surface area contributed by atoms with Gasteiger partial charge in [-0.05, 0) is 54.8 Å². The number of sulfonamides is 1. The third kappa shape index (κ3) is 5.50. The van der Waals surface area contributed by atoms with Crippen molar-refractivity contribution in [2.24, 2.45) is 0 Å². The van der Waals surface area contributed by atoms with Gasteiger partial charge in [-0.1, -0.05) is 12.5 Å². The number of nitrogens with zero attached hydrogens (tertiary/aromatic N) is 2. The van der Waals surface area contributed by atoms with E-state index >= 15 is 0 Å². The minimum atomic E-state index is -3.65. The first-order valence-corrected chi connectivity index (χ1v) is 12.1. The molecule has 1 heterocycles. The summed E-state index contributed by atoms with van der Waals surface area (Å²) in [5.41, 5.74) is 0.579. The van der Waals surface area contributed by atoms with Crippen molar-refractivity contribution in [2.75, 3.05) is 39.7 Å². The minimum absolute atomic E-state index is 0.0966. The standard InChI is InChI=1S/C24H27N3O6S/c1-31-21-13-17(14-22(32-2)23(21)33-3)12-18(16-25)24(28)26-19-8-7-9-20(15-19)34(29,30)27-10-5-4-6-11-27/h7-9,12-15H,4-6,10-11H2,1-3H3,(H,26,28)/b18-12+. The van der Waals surface area contributed by atoms with E-state index in [1.165, 1.54) is 43.8 Å². The number of carbonyl (C=O) groups is 1. The van der Waals surface area contributed by atoms with Crippen LogP contribution in [0, 0.1) is 11.3 Å². The molecule has 0 bridgehead atoms. The number of nitriles is 1. The summed E-state index contributed by atoms with van der Waals surface area (Å²) in [6.07, 6.45) is 4.05. The van der Waals surface area contributed by atoms with E-state index in [9.17, 15) is 18.5 Å². The van der Waals surface area contributed by atoms with Crippen LogP contribution >= 0.6 is 0 Å². The Labute approximate surface area is 199 Å². The first-order valence-electron chi connectivity index (χ1n) is 10.7. The highest BCUT2D eigenvalue weighted by Gasteiger charge is 2.26. The second-order valence-corrected chi connectivity index (χ2v) is 9.51. The van der Waals surface area contributed by atoms with Crippen molar-refractivity contribution >= 4 is 27.7 Å². The number of benzene rings is 2. The van der Waals surface area contributed by atoms with E-state index in [4.69, 9.17) is 14.2 Å². The minimum Gasteiger partial charge on any atom is -0.493 e. The van der Waals surface area contributed by atoms with Crippen molar-refractivity contribution in [1.29, 1.82) is 5.26 Å². The fourth-order valence-electron chi connectivity index (χ4n) is 3.69. The number of ether oxygens (including phenoxy) is 3. The van der Waals surface area contributed by atoms with Gasteiger partial charge < -0.3 is 19.5 Å². The van der Waals surface area contributed by atoms with E-state index in [0.29, 0.717) is 35.9 Å². The van der Waals surface area contributed by atoms with Crippen LogP contribution in [0.5, 0.6) is 17.2 Å². The molecule has 0 unspecified atom stereocenters. The second-order valence-electron chi connectivity index (χ2n) is 7.58. The Bertz CT molecular complexity index is 1200. The molecule has 1 aliphatic heterocycles. The molecule has 0 aliphatic carbocycles. The summed E-state index contributed by atoms with van der Waals surface area (Å²) >= 11 is 0. The van der Waals surface area contributed by atoms with Crippen molar-refractivity contribution in [1.82, 2.24) is 4.31 Å². The average Bonchev–Trinajstić information content (AvgIpc) is 2.87. The summed E-state index contributed by atoms with van der Waals surface area (Å²) in [5, 5.41) is 12.2. The Kier molecular flexibility index (Phi) is 8.15. The number of anilines is 1. The van der Waals surface area contributed by atoms with Gasteiger partial charge >= 0.3 is 0 Å². The van der Waals surface area contributed by atoms with Crippen molar-refractivity contribution in [3.63, 3.8) is 0 Å². The third-order valence-electron chi connectivity index (χ3n) is 5.41. The number of carbonyl (C=O) groups excluding carboxylic acids is 1. The molecule has 1 fully saturated rings. The molecule has 1 saturated heterocycles. The summed E-state index contributed by atoms with van der Waals surface area (Å²) in [4.78, 5) is 12.9. The van der Waals surface area contributed by atoms with Gasteiger partial charge in [-0.15, -0.1) is 0 Å². The molecule has 0 atom stereocenters. The molecule has 34 heavy (non-hydrogen) atoms. The molecule has 2 aromatic carbocycles. The highest BCUT2D eigenvalue weighted by molar-refractivity contribution is 7.89. The molecule has 1 amide bonds. The van der Waals surface area contributed by atoms with Crippen molar-refractivity contribution in [3.05, 3.63) is 47.5 Å². The molecule has 3 rings (SSSR count). The maximum absolute atomic E-state index is 12.9. The second kappa shape index (κ2) is 11.0. The highest BCUT2D eigenvalue weighted by Crippen LogP contribution is 2.38. The van der Waals surface area contributed by atoms with Crippen LogP contribution in [0.3, 0.4) is 0 Å². The van der Waals surface area contributed by atoms with E-state index < -0.39 is 15.9 Å². The summed E-state index contributed by atoms with van der Waals surface area (Å²) in [7, 11) is 0.754. The van der Waals surface area contributed by atoms with Gasteiger partial charge in [-0.25, -0.2) is 8.42 Å². The van der Waals surface area contributed by atoms with Crippen molar-refractivity contribution < 1.29 is 27.4 Å². The van der Waals surface area contributed by atoms with E-state index in [0.717, 1.165) is 19.3 Å². The lowest BCUT2D eigenvalue weighted by atomic mass is 10.1. The van der Waals surface area contributed by atoms with Gasteiger partial charge in [0.2, 0.25) is 15.8 Å². The van der Waals surface area contributed by atoms with Gasteiger partial charge in [-0.2, -0.15) is 9.57 Å². The first-order chi connectivity index (χ1) is 16.3. The maximum atomic E-state index is 12.9. The fraction of sp³-hybridized carbons (Fsp3) is 0.333. The third-order valence-corrected chi connectivity index (χ3v) is 7.30. The number of nitrogens with one attached hydrogen (secondary N) is 1. The van der Waals surface area contributed by atoms with E-state index in [-0.39, 0.29) is 16.2 Å². The molecule has 0 radical (unpaired) electrons. The number of piperidine rings is 1. The quantitative estimate of drug-likeness (QED) is 0.449. The number of methoxy groups -OCH3 is 3. The topological polar surface area (TPSA) is 118 Å². The van der Waals surface area contributed by atoms with Gasteiger partial charge in [0.15, 0.2) is 11.5 Å². The summed E-state index contributed by atoms with van der Waals surface area (Å²) < 4.78 is 43.3. The number of rotatable bonds is 8. The van der Waals surface area contributed by atoms with Gasteiger partial charge in [-0.3, -0.25) is 4.79 Å². The van der Waals surface area contributed by atoms with Gasteiger partial charge in [0, 0.05) is 18.8 Å². The molecule has 0 spiro atoms. The molecule has 9 nitrogen and oxygen atoms in total. The van der Waals surface area contributed by atoms with Gasteiger partial charge in [0.05, 0.1) is 26.2 Å². The number of amides is 1.